The lowest BCUT2D eigenvalue weighted by atomic mass is 10.2. The lowest BCUT2D eigenvalue weighted by Gasteiger charge is -2.32. The van der Waals surface area contributed by atoms with Crippen molar-refractivity contribution in [1.29, 1.82) is 0 Å². The zero-order valence-electron chi connectivity index (χ0n) is 22.9. The van der Waals surface area contributed by atoms with Crippen molar-refractivity contribution >= 4 is 34.5 Å². The third kappa shape index (κ3) is 6.47. The molecule has 0 radical (unpaired) electrons. The quantitative estimate of drug-likeness (QED) is 0.210. The average Bonchev–Trinajstić information content (AvgIpc) is 3.81. The number of hydrogen-bond donors (Lipinski definition) is 0. The molecule has 4 saturated heterocycles. The van der Waals surface area contributed by atoms with E-state index in [1.807, 2.05) is 15.9 Å². The Morgan fingerprint density at radius 2 is 1.33 bits per heavy atom. The molecule has 8 heterocycles. The highest BCUT2D eigenvalue weighted by Crippen LogP contribution is 2.42. The highest BCUT2D eigenvalue weighted by molar-refractivity contribution is 7.15. The second-order valence-corrected chi connectivity index (χ2v) is 13.1. The molecule has 252 valence electrons. The van der Waals surface area contributed by atoms with Gasteiger partial charge < -0.3 is 29.1 Å². The van der Waals surface area contributed by atoms with Gasteiger partial charge in [0.2, 0.25) is 0 Å². The normalized spacial score (nSPS) is 25.3. The molecule has 0 spiro atoms. The Morgan fingerprint density at radius 3 is 1.78 bits per heavy atom. The van der Waals surface area contributed by atoms with E-state index in [-0.39, 0.29) is 68.2 Å². The molecule has 4 fully saturated rings. The summed E-state index contributed by atoms with van der Waals surface area (Å²) in [5.41, 5.74) is 1.39. The van der Waals surface area contributed by atoms with Crippen molar-refractivity contribution in [3.8, 4) is 0 Å². The van der Waals surface area contributed by atoms with E-state index in [0.717, 1.165) is 73.9 Å². The molecule has 0 aliphatic carbocycles. The minimum absolute atomic E-state index is 0. The fraction of sp³-hybridized carbons (Fsp3) is 0.586. The van der Waals surface area contributed by atoms with Gasteiger partial charge in [-0.3, -0.25) is 20.2 Å². The Labute approximate surface area is 282 Å². The number of pyridine rings is 1. The van der Waals surface area contributed by atoms with Crippen molar-refractivity contribution in [2.75, 3.05) is 26.2 Å². The fourth-order valence-electron chi connectivity index (χ4n) is 6.78. The summed E-state index contributed by atoms with van der Waals surface area (Å²) in [6, 6.07) is 3.64. The number of nitro groups is 2. The van der Waals surface area contributed by atoms with Gasteiger partial charge in [-0.2, -0.15) is 0 Å². The molecule has 2 aromatic rings. The molecule has 8 rings (SSSR count). The highest BCUT2D eigenvalue weighted by Gasteiger charge is 2.52. The summed E-state index contributed by atoms with van der Waals surface area (Å²) < 4.78 is 12.0. The second-order valence-electron chi connectivity index (χ2n) is 11.0. The van der Waals surface area contributed by atoms with Gasteiger partial charge in [0.25, 0.3) is 0 Å². The molecule has 0 N–H and O–H groups in total. The average molecular weight is 700 g/mol. The summed E-state index contributed by atoms with van der Waals surface area (Å²) in [7, 11) is 0. The lowest BCUT2D eigenvalue weighted by molar-refractivity contribution is -0.443. The number of thiazole rings is 1. The first-order valence-electron chi connectivity index (χ1n) is 14.1. The standard InChI is InChI=1S/C14H15ClN4O3.C12H13ClN4O3S.3CH4/c15-11-3-1-9(7-16-11)8-17-5-6-18-12-4-2-10(22-12)13(14(17)18)19(20)21;13-12-14-5-7(21-12)6-15-3-4-16-9-2-1-8(20-9)10(11(15)16)17(18)19;;;/h1,3,7,10,12H,2,4-6,8H2;5,8-9H,1-4,6H2;3*1H4/t10-,12+;8-,9+;;;/m11.../s1. The van der Waals surface area contributed by atoms with E-state index < -0.39 is 0 Å². The van der Waals surface area contributed by atoms with Gasteiger partial charge in [0.05, 0.1) is 16.4 Å². The van der Waals surface area contributed by atoms with Crippen LogP contribution >= 0.6 is 34.5 Å². The zero-order valence-corrected chi connectivity index (χ0v) is 25.2. The third-order valence-corrected chi connectivity index (χ3v) is 9.87. The first-order valence-corrected chi connectivity index (χ1v) is 15.7. The van der Waals surface area contributed by atoms with Crippen LogP contribution in [-0.2, 0) is 22.6 Å². The Kier molecular flexibility index (Phi) is 11.0. The first-order chi connectivity index (χ1) is 20.8. The topological polar surface area (TPSA) is 143 Å². The molecule has 6 aliphatic heterocycles. The van der Waals surface area contributed by atoms with E-state index in [9.17, 15) is 20.2 Å². The van der Waals surface area contributed by atoms with Crippen LogP contribution in [0.15, 0.2) is 47.6 Å². The molecule has 17 heteroatoms. The van der Waals surface area contributed by atoms with Crippen LogP contribution in [0.1, 0.15) is 58.4 Å². The van der Waals surface area contributed by atoms with E-state index in [0.29, 0.717) is 22.7 Å². The van der Waals surface area contributed by atoms with Gasteiger partial charge in [-0.15, -0.1) is 11.3 Å². The molecule has 46 heavy (non-hydrogen) atoms. The predicted molar refractivity (Wildman–Crippen MR) is 175 cm³/mol. The van der Waals surface area contributed by atoms with Gasteiger partial charge >= 0.3 is 11.4 Å². The maximum Gasteiger partial charge on any atom is 0.314 e. The van der Waals surface area contributed by atoms with Crippen molar-refractivity contribution in [3.63, 3.8) is 0 Å². The SMILES string of the molecule is C.C.C.O=[N+]([O-])C1=C2N(Cc3ccc(Cl)nc3)CCN2[C@@H]2CC[C@H]1O2.O=[N+]([O-])C1=C2N(Cc3cnc(Cl)s3)CCN2[C@@H]2CC[C@H]1O2. The van der Waals surface area contributed by atoms with Gasteiger partial charge in [-0.25, -0.2) is 9.97 Å². The number of halogens is 2. The second kappa shape index (κ2) is 14.3. The minimum Gasteiger partial charge on any atom is -0.347 e. The largest absolute Gasteiger partial charge is 0.347 e. The molecule has 4 bridgehead atoms. The molecule has 0 amide bonds. The maximum atomic E-state index is 11.5. The van der Waals surface area contributed by atoms with Crippen molar-refractivity contribution in [2.24, 2.45) is 0 Å². The van der Waals surface area contributed by atoms with Crippen LogP contribution in [0.2, 0.25) is 9.62 Å². The van der Waals surface area contributed by atoms with Gasteiger partial charge in [-0.1, -0.05) is 51.5 Å². The summed E-state index contributed by atoms with van der Waals surface area (Å²) in [6.07, 6.45) is 5.81. The number of nitrogens with zero attached hydrogens (tertiary/aromatic N) is 8. The molecular weight excluding hydrogens is 659 g/mol. The van der Waals surface area contributed by atoms with Gasteiger partial charge in [0.15, 0.2) is 28.3 Å². The smallest absolute Gasteiger partial charge is 0.314 e. The monoisotopic (exact) mass is 698 g/mol. The Hall–Kier alpha value is -3.24. The first kappa shape index (κ1) is 35.6. The molecule has 6 aliphatic rings. The van der Waals surface area contributed by atoms with E-state index in [4.69, 9.17) is 32.7 Å². The number of aromatic nitrogens is 2. The van der Waals surface area contributed by atoms with E-state index in [2.05, 4.69) is 19.8 Å². The molecule has 0 aromatic carbocycles. The third-order valence-electron chi connectivity index (χ3n) is 8.55. The van der Waals surface area contributed by atoms with Crippen LogP contribution in [0.5, 0.6) is 0 Å². The molecular formula is C29H40Cl2N8O6S. The summed E-state index contributed by atoms with van der Waals surface area (Å²) >= 11 is 13.1. The minimum atomic E-state index is -0.379. The van der Waals surface area contributed by atoms with Gasteiger partial charge in [0, 0.05) is 50.0 Å². The van der Waals surface area contributed by atoms with Crippen LogP contribution in [0.4, 0.5) is 0 Å². The molecule has 2 aromatic heterocycles. The van der Waals surface area contributed by atoms with Gasteiger partial charge in [-0.05, 0) is 37.3 Å². The Balaban J connectivity index is 0.000000196. The van der Waals surface area contributed by atoms with Crippen molar-refractivity contribution in [3.05, 3.63) is 87.9 Å². The van der Waals surface area contributed by atoms with Crippen LogP contribution in [0.25, 0.3) is 0 Å². The Morgan fingerprint density at radius 1 is 0.783 bits per heavy atom. The number of fused-ring (bicyclic) bond motifs is 8. The van der Waals surface area contributed by atoms with Crippen molar-refractivity contribution in [2.45, 2.75) is 85.7 Å². The zero-order chi connectivity index (χ0) is 29.8. The molecule has 0 saturated carbocycles. The maximum absolute atomic E-state index is 11.5. The highest BCUT2D eigenvalue weighted by atomic mass is 35.5. The summed E-state index contributed by atoms with van der Waals surface area (Å²) in [6.45, 7) is 4.22. The summed E-state index contributed by atoms with van der Waals surface area (Å²) in [5.74, 6) is 1.45. The lowest BCUT2D eigenvalue weighted by Crippen LogP contribution is -2.41. The van der Waals surface area contributed by atoms with Gasteiger partial charge in [0.1, 0.15) is 17.6 Å². The molecule has 4 atom stereocenters. The summed E-state index contributed by atoms with van der Waals surface area (Å²) in [4.78, 5) is 39.7. The van der Waals surface area contributed by atoms with Crippen molar-refractivity contribution in [1.82, 2.24) is 29.6 Å². The number of ether oxygens (including phenoxy) is 2. The predicted octanol–water partition coefficient (Wildman–Crippen LogP) is 5.60. The van der Waals surface area contributed by atoms with Crippen LogP contribution in [0.3, 0.4) is 0 Å². The fourth-order valence-corrected chi connectivity index (χ4v) is 7.89. The number of rotatable bonds is 6. The van der Waals surface area contributed by atoms with Crippen LogP contribution in [-0.4, -0.2) is 90.3 Å². The van der Waals surface area contributed by atoms with Crippen LogP contribution in [0, 0.1) is 20.2 Å². The van der Waals surface area contributed by atoms with E-state index in [1.54, 1.807) is 18.5 Å². The summed E-state index contributed by atoms with van der Waals surface area (Å²) in [5, 5.41) is 23.4. The van der Waals surface area contributed by atoms with E-state index in [1.165, 1.54) is 11.3 Å². The molecule has 0 unspecified atom stereocenters. The Bertz CT molecular complexity index is 1510. The molecule has 14 nitrogen and oxygen atoms in total. The number of hydrogen-bond acceptors (Lipinski definition) is 13. The van der Waals surface area contributed by atoms with Crippen molar-refractivity contribution < 1.29 is 19.3 Å². The van der Waals surface area contributed by atoms with Crippen LogP contribution < -0.4 is 0 Å². The van der Waals surface area contributed by atoms with E-state index >= 15 is 0 Å².